The maximum absolute atomic E-state index is 13.3. The Morgan fingerprint density at radius 1 is 1.33 bits per heavy atom. The Balaban J connectivity index is 2.51. The molecule has 108 valence electrons. The minimum absolute atomic E-state index is 0.00935. The van der Waals surface area contributed by atoms with E-state index in [0.717, 1.165) is 6.07 Å². The number of rotatable bonds is 4. The fourth-order valence-electron chi connectivity index (χ4n) is 1.98. The summed E-state index contributed by atoms with van der Waals surface area (Å²) in [4.78, 5) is 21.4. The summed E-state index contributed by atoms with van der Waals surface area (Å²) < 4.78 is 13.3. The lowest BCUT2D eigenvalue weighted by atomic mass is 10.1. The highest BCUT2D eigenvalue weighted by atomic mass is 19.1. The van der Waals surface area contributed by atoms with Crippen molar-refractivity contribution >= 4 is 23.0 Å². The number of nitrogens with zero attached hydrogens (tertiary/aromatic N) is 1. The Labute approximate surface area is 119 Å². The molecule has 0 aliphatic heterocycles. The number of carboxylic acids is 1. The number of nitro groups is 1. The molecule has 7 heteroatoms. The average Bonchev–Trinajstić information content (AvgIpc) is 2.36. The van der Waals surface area contributed by atoms with Crippen LogP contribution in [0.5, 0.6) is 0 Å². The van der Waals surface area contributed by atoms with E-state index in [9.17, 15) is 19.3 Å². The Bertz CT molecular complexity index is 711. The van der Waals surface area contributed by atoms with E-state index < -0.39 is 28.0 Å². The maximum Gasteiger partial charge on any atom is 0.342 e. The first-order valence-corrected chi connectivity index (χ1v) is 5.93. The van der Waals surface area contributed by atoms with Gasteiger partial charge in [-0.05, 0) is 42.8 Å². The molecule has 0 heterocycles. The first-order valence-electron chi connectivity index (χ1n) is 5.93. The Hall–Kier alpha value is -2.96. The van der Waals surface area contributed by atoms with Crippen molar-refractivity contribution in [3.8, 4) is 0 Å². The Morgan fingerprint density at radius 2 is 2.05 bits per heavy atom. The molecule has 0 aromatic heterocycles. The third-order valence-corrected chi connectivity index (χ3v) is 2.77. The zero-order chi connectivity index (χ0) is 15.6. The molecule has 0 saturated carbocycles. The summed E-state index contributed by atoms with van der Waals surface area (Å²) in [7, 11) is 0. The van der Waals surface area contributed by atoms with Crippen LogP contribution in [0.3, 0.4) is 0 Å². The standard InChI is InChI=1S/C14H11FN2O4/c1-8-5-9(15)7-10(6-8)16-12-4-2-3-11(14(18)19)13(12)17(20)21/h2-7,16H,1H3,(H,18,19). The second-order valence-electron chi connectivity index (χ2n) is 4.41. The second kappa shape index (κ2) is 5.58. The van der Waals surface area contributed by atoms with Crippen LogP contribution in [0.15, 0.2) is 36.4 Å². The molecule has 6 nitrogen and oxygen atoms in total. The van der Waals surface area contributed by atoms with Crippen molar-refractivity contribution in [3.63, 3.8) is 0 Å². The van der Waals surface area contributed by atoms with E-state index in [-0.39, 0.29) is 5.69 Å². The predicted octanol–water partition coefficient (Wildman–Crippen LogP) is 3.48. The fourth-order valence-corrected chi connectivity index (χ4v) is 1.98. The molecule has 0 spiro atoms. The number of para-hydroxylation sites is 1. The number of aromatic carboxylic acids is 1. The van der Waals surface area contributed by atoms with Crippen LogP contribution >= 0.6 is 0 Å². The van der Waals surface area contributed by atoms with Crippen LogP contribution in [0.2, 0.25) is 0 Å². The van der Waals surface area contributed by atoms with Crippen molar-refractivity contribution in [3.05, 3.63) is 63.5 Å². The monoisotopic (exact) mass is 290 g/mol. The fraction of sp³-hybridized carbons (Fsp3) is 0.0714. The zero-order valence-electron chi connectivity index (χ0n) is 11.0. The van der Waals surface area contributed by atoms with E-state index in [1.807, 2.05) is 0 Å². The topological polar surface area (TPSA) is 92.5 Å². The van der Waals surface area contributed by atoms with Gasteiger partial charge in [0, 0.05) is 5.69 Å². The highest BCUT2D eigenvalue weighted by Gasteiger charge is 2.24. The van der Waals surface area contributed by atoms with Gasteiger partial charge >= 0.3 is 11.7 Å². The number of nitrogens with one attached hydrogen (secondary N) is 1. The van der Waals surface area contributed by atoms with Gasteiger partial charge in [-0.3, -0.25) is 10.1 Å². The first kappa shape index (κ1) is 14.4. The van der Waals surface area contributed by atoms with Gasteiger partial charge in [-0.2, -0.15) is 0 Å². The molecule has 2 aromatic rings. The molecule has 2 N–H and O–H groups in total. The summed E-state index contributed by atoms with van der Waals surface area (Å²) in [5, 5.41) is 22.8. The number of benzene rings is 2. The zero-order valence-corrected chi connectivity index (χ0v) is 11.0. The lowest BCUT2D eigenvalue weighted by molar-refractivity contribution is -0.384. The minimum atomic E-state index is -1.40. The van der Waals surface area contributed by atoms with E-state index in [2.05, 4.69) is 5.32 Å². The lowest BCUT2D eigenvalue weighted by Crippen LogP contribution is -2.05. The van der Waals surface area contributed by atoms with E-state index in [1.165, 1.54) is 24.3 Å². The summed E-state index contributed by atoms with van der Waals surface area (Å²) in [6, 6.07) is 7.97. The van der Waals surface area contributed by atoms with Gasteiger partial charge in [0.05, 0.1) is 4.92 Å². The lowest BCUT2D eigenvalue weighted by Gasteiger charge is -2.09. The number of carbonyl (C=O) groups is 1. The quantitative estimate of drug-likeness (QED) is 0.664. The van der Waals surface area contributed by atoms with Crippen molar-refractivity contribution in [2.75, 3.05) is 5.32 Å². The van der Waals surface area contributed by atoms with Gasteiger partial charge < -0.3 is 10.4 Å². The first-order chi connectivity index (χ1) is 9.88. The molecular formula is C14H11FN2O4. The van der Waals surface area contributed by atoms with Crippen molar-refractivity contribution in [2.45, 2.75) is 6.92 Å². The van der Waals surface area contributed by atoms with Crippen molar-refractivity contribution < 1.29 is 19.2 Å². The van der Waals surface area contributed by atoms with Crippen LogP contribution in [0.1, 0.15) is 15.9 Å². The van der Waals surface area contributed by atoms with Crippen LogP contribution in [0, 0.1) is 22.9 Å². The van der Waals surface area contributed by atoms with Crippen molar-refractivity contribution in [1.29, 1.82) is 0 Å². The average molecular weight is 290 g/mol. The molecule has 2 rings (SSSR count). The molecule has 0 fully saturated rings. The van der Waals surface area contributed by atoms with Crippen LogP contribution in [0.25, 0.3) is 0 Å². The molecule has 0 aliphatic rings. The number of hydrogen-bond donors (Lipinski definition) is 2. The molecule has 0 amide bonds. The summed E-state index contributed by atoms with van der Waals surface area (Å²) >= 11 is 0. The normalized spacial score (nSPS) is 10.2. The smallest absolute Gasteiger partial charge is 0.342 e. The third-order valence-electron chi connectivity index (χ3n) is 2.77. The van der Waals surface area contributed by atoms with Gasteiger partial charge in [0.2, 0.25) is 0 Å². The van der Waals surface area contributed by atoms with Crippen molar-refractivity contribution in [2.24, 2.45) is 0 Å². The molecule has 0 aliphatic carbocycles. The van der Waals surface area contributed by atoms with Gasteiger partial charge in [-0.25, -0.2) is 9.18 Å². The molecule has 0 radical (unpaired) electrons. The Kier molecular flexibility index (Phi) is 3.84. The van der Waals surface area contributed by atoms with E-state index in [1.54, 1.807) is 13.0 Å². The van der Waals surface area contributed by atoms with Crippen molar-refractivity contribution in [1.82, 2.24) is 0 Å². The third kappa shape index (κ3) is 3.14. The largest absolute Gasteiger partial charge is 0.477 e. The summed E-state index contributed by atoms with van der Waals surface area (Å²) in [5.41, 5.74) is -0.0670. The molecular weight excluding hydrogens is 279 g/mol. The second-order valence-corrected chi connectivity index (χ2v) is 4.41. The van der Waals surface area contributed by atoms with Gasteiger partial charge in [0.1, 0.15) is 17.1 Å². The van der Waals surface area contributed by atoms with Crippen LogP contribution < -0.4 is 5.32 Å². The molecule has 0 unspecified atom stereocenters. The van der Waals surface area contributed by atoms with Gasteiger partial charge in [0.25, 0.3) is 0 Å². The van der Waals surface area contributed by atoms with E-state index in [0.29, 0.717) is 11.3 Å². The SMILES string of the molecule is Cc1cc(F)cc(Nc2cccc(C(=O)O)c2[N+](=O)[O-])c1. The summed E-state index contributed by atoms with van der Waals surface area (Å²) in [5.74, 6) is -1.89. The predicted molar refractivity (Wildman–Crippen MR) is 74.5 cm³/mol. The van der Waals surface area contributed by atoms with E-state index in [4.69, 9.17) is 5.11 Å². The van der Waals surface area contributed by atoms with Gasteiger partial charge in [0.15, 0.2) is 0 Å². The summed E-state index contributed by atoms with van der Waals surface area (Å²) in [6.45, 7) is 1.68. The molecule has 0 bridgehead atoms. The molecule has 0 saturated heterocycles. The number of hydrogen-bond acceptors (Lipinski definition) is 4. The van der Waals surface area contributed by atoms with Gasteiger partial charge in [-0.1, -0.05) is 6.07 Å². The molecule has 21 heavy (non-hydrogen) atoms. The highest BCUT2D eigenvalue weighted by molar-refractivity contribution is 5.96. The number of aryl methyl sites for hydroxylation is 1. The minimum Gasteiger partial charge on any atom is -0.477 e. The number of halogens is 1. The Morgan fingerprint density at radius 3 is 2.62 bits per heavy atom. The van der Waals surface area contributed by atoms with Crippen LogP contribution in [-0.4, -0.2) is 16.0 Å². The number of carboxylic acid groups (broad SMARTS) is 1. The molecule has 2 aromatic carbocycles. The summed E-state index contributed by atoms with van der Waals surface area (Å²) in [6.07, 6.45) is 0. The number of nitro benzene ring substituents is 1. The van der Waals surface area contributed by atoms with Gasteiger partial charge in [-0.15, -0.1) is 0 Å². The highest BCUT2D eigenvalue weighted by Crippen LogP contribution is 2.31. The van der Waals surface area contributed by atoms with Crippen LogP contribution in [-0.2, 0) is 0 Å². The number of anilines is 2. The maximum atomic E-state index is 13.3. The van der Waals surface area contributed by atoms with Crippen LogP contribution in [0.4, 0.5) is 21.5 Å². The van der Waals surface area contributed by atoms with E-state index >= 15 is 0 Å². The molecule has 0 atom stereocenters.